The molecule has 2 heterocycles. The van der Waals surface area contributed by atoms with Crippen molar-refractivity contribution in [2.75, 3.05) is 20.3 Å². The molecule has 3 rings (SSSR count). The first kappa shape index (κ1) is 21.1. The van der Waals surface area contributed by atoms with E-state index >= 15 is 0 Å². The second kappa shape index (κ2) is 9.23. The molecule has 0 bridgehead atoms. The zero-order valence-corrected chi connectivity index (χ0v) is 17.9. The largest absolute Gasteiger partial charge is 0.383 e. The molecular weight excluding hydrogens is 388 g/mol. The van der Waals surface area contributed by atoms with E-state index in [0.717, 1.165) is 16.9 Å². The third-order valence-corrected chi connectivity index (χ3v) is 5.91. The topological polar surface area (TPSA) is 109 Å². The number of carbonyl (C=O) groups is 1. The number of hydrogen-bond acceptors (Lipinski definition) is 6. The van der Waals surface area contributed by atoms with E-state index in [1.807, 2.05) is 45.0 Å². The Morgan fingerprint density at radius 1 is 1.34 bits per heavy atom. The van der Waals surface area contributed by atoms with Crippen molar-refractivity contribution < 1.29 is 9.53 Å². The minimum atomic E-state index is -0.340. The third kappa shape index (κ3) is 4.51. The maximum Gasteiger partial charge on any atom is 0.233 e. The Balaban J connectivity index is 2.06. The molecule has 0 aliphatic rings. The summed E-state index contributed by atoms with van der Waals surface area (Å²) in [6.45, 7) is 6.77. The molecule has 9 heteroatoms. The molecule has 3 aromatic rings. The van der Waals surface area contributed by atoms with Crippen LogP contribution in [-0.2, 0) is 9.53 Å². The predicted octanol–water partition coefficient (Wildman–Crippen LogP) is 2.48. The van der Waals surface area contributed by atoms with E-state index in [4.69, 9.17) is 10.1 Å². The Morgan fingerprint density at radius 3 is 2.72 bits per heavy atom. The maximum atomic E-state index is 12.6. The number of nitrogens with zero attached hydrogens (tertiary/aromatic N) is 3. The number of nitrogens with one attached hydrogen (secondary N) is 3. The number of amides is 1. The summed E-state index contributed by atoms with van der Waals surface area (Å²) in [6, 6.07) is 7.91. The predicted molar refractivity (Wildman–Crippen MR) is 113 cm³/mol. The molecule has 0 fully saturated rings. The van der Waals surface area contributed by atoms with E-state index in [0.29, 0.717) is 41.3 Å². The summed E-state index contributed by atoms with van der Waals surface area (Å²) in [5, 5.41) is 19.7. The fourth-order valence-corrected chi connectivity index (χ4v) is 4.03. The quantitative estimate of drug-likeness (QED) is 0.298. The van der Waals surface area contributed by atoms with Crippen LogP contribution >= 0.6 is 11.8 Å². The average Bonchev–Trinajstić information content (AvgIpc) is 3.08. The maximum absolute atomic E-state index is 12.6. The molecule has 0 aliphatic heterocycles. The summed E-state index contributed by atoms with van der Waals surface area (Å²) >= 11 is 1.34. The van der Waals surface area contributed by atoms with Gasteiger partial charge in [-0.05, 0) is 32.4 Å². The molecule has 1 amide bonds. The van der Waals surface area contributed by atoms with Gasteiger partial charge in [0.25, 0.3) is 0 Å². The number of methoxy groups -OCH3 is 1. The summed E-state index contributed by atoms with van der Waals surface area (Å²) in [4.78, 5) is 17.3. The molecule has 1 aromatic carbocycles. The van der Waals surface area contributed by atoms with Crippen LogP contribution in [0.5, 0.6) is 0 Å². The van der Waals surface area contributed by atoms with Gasteiger partial charge in [-0.1, -0.05) is 36.4 Å². The van der Waals surface area contributed by atoms with Crippen LogP contribution in [0.3, 0.4) is 0 Å². The van der Waals surface area contributed by atoms with Gasteiger partial charge < -0.3 is 10.1 Å². The van der Waals surface area contributed by atoms with Gasteiger partial charge in [0, 0.05) is 25.0 Å². The molecule has 0 spiro atoms. The van der Waals surface area contributed by atoms with Crippen molar-refractivity contribution in [2.45, 2.75) is 37.6 Å². The second-order valence-corrected chi connectivity index (χ2v) is 7.93. The molecule has 0 saturated heterocycles. The number of aryl methyl sites for hydroxylation is 2. The summed E-state index contributed by atoms with van der Waals surface area (Å²) in [6.07, 6.45) is 0.629. The molecule has 0 radical (unpaired) electrons. The highest BCUT2D eigenvalue weighted by molar-refractivity contribution is 8.00. The summed E-state index contributed by atoms with van der Waals surface area (Å²) in [5.74, 6) is -0.0726. The number of hydrogen-bond donors (Lipinski definition) is 3. The van der Waals surface area contributed by atoms with E-state index in [1.54, 1.807) is 11.7 Å². The van der Waals surface area contributed by atoms with Crippen LogP contribution in [0.4, 0.5) is 0 Å². The number of fused-ring (bicyclic) bond motifs is 1. The number of benzene rings is 1. The average molecular weight is 415 g/mol. The molecule has 0 saturated carbocycles. The van der Waals surface area contributed by atoms with Crippen LogP contribution < -0.4 is 10.8 Å². The summed E-state index contributed by atoms with van der Waals surface area (Å²) in [7, 11) is 1.60. The molecule has 1 atom stereocenters. The SMILES string of the molecule is CCC(Sc1nc2n[nH]c(C)c2c(=N)n1-c1ccc(C)cc1)C(=O)NCCOC. The third-order valence-electron chi connectivity index (χ3n) is 4.59. The zero-order valence-electron chi connectivity index (χ0n) is 17.1. The molecular formula is C20H26N6O2S. The Bertz CT molecular complexity index is 1060. The lowest BCUT2D eigenvalue weighted by Crippen LogP contribution is -2.35. The molecule has 8 nitrogen and oxygen atoms in total. The molecule has 1 unspecified atom stereocenters. The lowest BCUT2D eigenvalue weighted by molar-refractivity contribution is -0.120. The monoisotopic (exact) mass is 414 g/mol. The molecule has 3 N–H and O–H groups in total. The van der Waals surface area contributed by atoms with Crippen molar-refractivity contribution in [3.05, 3.63) is 41.0 Å². The number of ether oxygens (including phenoxy) is 1. The number of aromatic nitrogens is 4. The Hall–Kier alpha value is -2.65. The standard InChI is InChI=1S/C20H26N6O2S/c1-5-15(19(27)22-10-11-28-4)29-20-23-18-16(13(3)24-25-18)17(21)26(20)14-8-6-12(2)7-9-14/h6-9,15,21H,5,10-11H2,1-4H3,(H,22,27)(H,24,25). The van der Waals surface area contributed by atoms with Gasteiger partial charge in [-0.3, -0.25) is 19.9 Å². The van der Waals surface area contributed by atoms with E-state index in [2.05, 4.69) is 20.5 Å². The van der Waals surface area contributed by atoms with Gasteiger partial charge in [-0.2, -0.15) is 5.10 Å². The Kier molecular flexibility index (Phi) is 6.71. The second-order valence-electron chi connectivity index (χ2n) is 6.76. The molecule has 154 valence electrons. The molecule has 2 aromatic heterocycles. The highest BCUT2D eigenvalue weighted by Crippen LogP contribution is 2.27. The Labute approximate surface area is 173 Å². The van der Waals surface area contributed by atoms with Crippen LogP contribution in [-0.4, -0.2) is 51.2 Å². The van der Waals surface area contributed by atoms with Crippen molar-refractivity contribution >= 4 is 28.7 Å². The van der Waals surface area contributed by atoms with Gasteiger partial charge in [0.2, 0.25) is 5.91 Å². The first-order chi connectivity index (χ1) is 14.0. The zero-order chi connectivity index (χ0) is 21.0. The summed E-state index contributed by atoms with van der Waals surface area (Å²) < 4.78 is 6.78. The van der Waals surface area contributed by atoms with Crippen molar-refractivity contribution in [2.24, 2.45) is 0 Å². The number of H-pyrrole nitrogens is 1. The van der Waals surface area contributed by atoms with Gasteiger partial charge in [0.1, 0.15) is 5.49 Å². The molecule has 29 heavy (non-hydrogen) atoms. The van der Waals surface area contributed by atoms with Crippen LogP contribution in [0.2, 0.25) is 0 Å². The van der Waals surface area contributed by atoms with E-state index in [1.165, 1.54) is 11.8 Å². The van der Waals surface area contributed by atoms with E-state index < -0.39 is 0 Å². The van der Waals surface area contributed by atoms with Crippen molar-refractivity contribution in [3.8, 4) is 5.69 Å². The highest BCUT2D eigenvalue weighted by Gasteiger charge is 2.22. The minimum absolute atomic E-state index is 0.0726. The number of aromatic amines is 1. The summed E-state index contributed by atoms with van der Waals surface area (Å²) in [5.41, 5.74) is 3.52. The fraction of sp³-hybridized carbons (Fsp3) is 0.400. The number of carbonyl (C=O) groups excluding carboxylic acids is 1. The van der Waals surface area contributed by atoms with Gasteiger partial charge in [0.05, 0.1) is 17.2 Å². The number of thioether (sulfide) groups is 1. The molecule has 0 aliphatic carbocycles. The normalized spacial score (nSPS) is 12.3. The first-order valence-corrected chi connectivity index (χ1v) is 10.4. The van der Waals surface area contributed by atoms with Crippen molar-refractivity contribution in [1.29, 1.82) is 5.41 Å². The van der Waals surface area contributed by atoms with Gasteiger partial charge in [-0.25, -0.2) is 4.98 Å². The Morgan fingerprint density at radius 2 is 2.07 bits per heavy atom. The number of rotatable bonds is 8. The van der Waals surface area contributed by atoms with Gasteiger partial charge >= 0.3 is 0 Å². The van der Waals surface area contributed by atoms with Gasteiger partial charge in [0.15, 0.2) is 10.8 Å². The lowest BCUT2D eigenvalue weighted by atomic mass is 10.2. The van der Waals surface area contributed by atoms with Crippen LogP contribution in [0.15, 0.2) is 29.4 Å². The first-order valence-electron chi connectivity index (χ1n) is 9.49. The van der Waals surface area contributed by atoms with E-state index in [9.17, 15) is 4.79 Å². The van der Waals surface area contributed by atoms with Crippen LogP contribution in [0.1, 0.15) is 24.6 Å². The lowest BCUT2D eigenvalue weighted by Gasteiger charge is -2.18. The van der Waals surface area contributed by atoms with E-state index in [-0.39, 0.29) is 11.2 Å². The van der Waals surface area contributed by atoms with Crippen LogP contribution in [0.25, 0.3) is 16.7 Å². The highest BCUT2D eigenvalue weighted by atomic mass is 32.2. The van der Waals surface area contributed by atoms with Crippen molar-refractivity contribution in [1.82, 2.24) is 25.1 Å². The minimum Gasteiger partial charge on any atom is -0.383 e. The smallest absolute Gasteiger partial charge is 0.233 e. The van der Waals surface area contributed by atoms with Gasteiger partial charge in [-0.15, -0.1) is 0 Å². The fourth-order valence-electron chi connectivity index (χ4n) is 2.98. The van der Waals surface area contributed by atoms with Crippen LogP contribution in [0, 0.1) is 19.3 Å². The van der Waals surface area contributed by atoms with Crippen molar-refractivity contribution in [3.63, 3.8) is 0 Å².